The molecular weight excluding hydrogens is 240 g/mol. The molecule has 2 aromatic rings. The van der Waals surface area contributed by atoms with E-state index in [9.17, 15) is 9.59 Å². The van der Waals surface area contributed by atoms with E-state index in [0.29, 0.717) is 24.2 Å². The largest absolute Gasteiger partial charge is 0.269 e. The third-order valence-electron chi connectivity index (χ3n) is 3.24. The number of hydrogen-bond acceptors (Lipinski definition) is 2. The smallest absolute Gasteiger partial charge is 0.261 e. The van der Waals surface area contributed by atoms with Gasteiger partial charge in [-0.1, -0.05) is 18.2 Å². The molecule has 2 heterocycles. The van der Waals surface area contributed by atoms with E-state index in [4.69, 9.17) is 0 Å². The minimum absolute atomic E-state index is 0.197. The van der Waals surface area contributed by atoms with Crippen molar-refractivity contribution in [2.24, 2.45) is 0 Å². The Kier molecular flexibility index (Phi) is 2.83. The summed E-state index contributed by atoms with van der Waals surface area (Å²) in [6, 6.07) is 12.7. The Morgan fingerprint density at radius 3 is 2.00 bits per heavy atom. The molecular formula is C15H13N2O2+. The van der Waals surface area contributed by atoms with E-state index in [2.05, 4.69) is 0 Å². The van der Waals surface area contributed by atoms with Crippen LogP contribution in [0.2, 0.25) is 0 Å². The van der Waals surface area contributed by atoms with Gasteiger partial charge in [0.05, 0.1) is 17.7 Å². The fourth-order valence-electron chi connectivity index (χ4n) is 2.24. The van der Waals surface area contributed by atoms with Gasteiger partial charge in [0.2, 0.25) is 0 Å². The zero-order chi connectivity index (χ0) is 13.2. The molecule has 4 nitrogen and oxygen atoms in total. The Bertz CT molecular complexity index is 603. The van der Waals surface area contributed by atoms with E-state index >= 15 is 0 Å². The first-order valence-corrected chi connectivity index (χ1v) is 6.16. The highest BCUT2D eigenvalue weighted by Crippen LogP contribution is 2.21. The maximum absolute atomic E-state index is 12.1. The SMILES string of the molecule is O=C1c2ccccc2C(=O)N1CC[n+]1ccccc1. The van der Waals surface area contributed by atoms with E-state index in [-0.39, 0.29) is 11.8 Å². The minimum Gasteiger partial charge on any atom is -0.269 e. The van der Waals surface area contributed by atoms with Gasteiger partial charge in [-0.25, -0.2) is 4.57 Å². The molecule has 3 rings (SSSR count). The number of amides is 2. The molecule has 2 amide bonds. The van der Waals surface area contributed by atoms with Gasteiger partial charge in [-0.2, -0.15) is 0 Å². The Hall–Kier alpha value is -2.49. The number of carbonyl (C=O) groups is 2. The van der Waals surface area contributed by atoms with Crippen LogP contribution >= 0.6 is 0 Å². The lowest BCUT2D eigenvalue weighted by atomic mass is 10.1. The maximum atomic E-state index is 12.1. The number of benzene rings is 1. The van der Waals surface area contributed by atoms with Crippen molar-refractivity contribution in [3.05, 3.63) is 66.0 Å². The Labute approximate surface area is 110 Å². The minimum atomic E-state index is -0.197. The van der Waals surface area contributed by atoms with Gasteiger partial charge in [-0.05, 0) is 12.1 Å². The van der Waals surface area contributed by atoms with Gasteiger partial charge in [0.25, 0.3) is 11.8 Å². The standard InChI is InChI=1S/C15H13N2O2/c18-14-12-6-2-3-7-13(12)15(19)17(14)11-10-16-8-4-1-5-9-16/h1-9H,10-11H2/q+1. The number of pyridine rings is 1. The van der Waals surface area contributed by atoms with Gasteiger partial charge >= 0.3 is 0 Å². The zero-order valence-corrected chi connectivity index (χ0v) is 10.3. The van der Waals surface area contributed by atoms with Crippen LogP contribution in [0, 0.1) is 0 Å². The lowest BCUT2D eigenvalue weighted by molar-refractivity contribution is -0.695. The summed E-state index contributed by atoms with van der Waals surface area (Å²) in [7, 11) is 0. The summed E-state index contributed by atoms with van der Waals surface area (Å²) in [5.74, 6) is -0.394. The number of rotatable bonds is 3. The molecule has 1 aliphatic rings. The van der Waals surface area contributed by atoms with E-state index in [1.54, 1.807) is 24.3 Å². The summed E-state index contributed by atoms with van der Waals surface area (Å²) >= 11 is 0. The normalized spacial score (nSPS) is 13.8. The number of carbonyl (C=O) groups excluding carboxylic acids is 2. The Morgan fingerprint density at radius 2 is 1.42 bits per heavy atom. The molecule has 1 aromatic carbocycles. The number of fused-ring (bicyclic) bond motifs is 1. The molecule has 0 atom stereocenters. The molecule has 0 saturated carbocycles. The first-order valence-electron chi connectivity index (χ1n) is 6.16. The van der Waals surface area contributed by atoms with Crippen molar-refractivity contribution in [2.45, 2.75) is 6.54 Å². The van der Waals surface area contributed by atoms with Crippen molar-refractivity contribution in [1.29, 1.82) is 0 Å². The average molecular weight is 253 g/mol. The predicted molar refractivity (Wildman–Crippen MR) is 68.4 cm³/mol. The molecule has 0 bridgehead atoms. The molecule has 0 radical (unpaired) electrons. The molecule has 0 spiro atoms. The molecule has 1 aliphatic heterocycles. The van der Waals surface area contributed by atoms with Gasteiger partial charge in [-0.15, -0.1) is 0 Å². The van der Waals surface area contributed by atoms with Crippen LogP contribution in [0.1, 0.15) is 20.7 Å². The van der Waals surface area contributed by atoms with Crippen LogP contribution in [-0.2, 0) is 6.54 Å². The van der Waals surface area contributed by atoms with Crippen molar-refractivity contribution in [3.8, 4) is 0 Å². The third kappa shape index (κ3) is 2.01. The van der Waals surface area contributed by atoms with E-state index in [1.165, 1.54) is 4.90 Å². The van der Waals surface area contributed by atoms with Gasteiger partial charge < -0.3 is 0 Å². The lowest BCUT2D eigenvalue weighted by Gasteiger charge is -2.11. The second-order valence-electron chi connectivity index (χ2n) is 4.42. The Morgan fingerprint density at radius 1 is 0.842 bits per heavy atom. The molecule has 4 heteroatoms. The van der Waals surface area contributed by atoms with Crippen LogP contribution in [-0.4, -0.2) is 23.3 Å². The molecule has 94 valence electrons. The van der Waals surface area contributed by atoms with Crippen molar-refractivity contribution in [1.82, 2.24) is 4.90 Å². The summed E-state index contributed by atoms with van der Waals surface area (Å²) in [6.45, 7) is 0.993. The first-order chi connectivity index (χ1) is 9.27. The van der Waals surface area contributed by atoms with E-state index in [1.807, 2.05) is 35.2 Å². The molecule has 0 saturated heterocycles. The monoisotopic (exact) mass is 253 g/mol. The second-order valence-corrected chi connectivity index (χ2v) is 4.42. The highest BCUT2D eigenvalue weighted by molar-refractivity contribution is 6.21. The van der Waals surface area contributed by atoms with Crippen molar-refractivity contribution >= 4 is 11.8 Å². The van der Waals surface area contributed by atoms with Crippen LogP contribution in [0.25, 0.3) is 0 Å². The van der Waals surface area contributed by atoms with E-state index < -0.39 is 0 Å². The van der Waals surface area contributed by atoms with Crippen LogP contribution in [0.5, 0.6) is 0 Å². The summed E-state index contributed by atoms with van der Waals surface area (Å²) in [4.78, 5) is 25.6. The summed E-state index contributed by atoms with van der Waals surface area (Å²) < 4.78 is 1.95. The molecule has 0 unspecified atom stereocenters. The first kappa shape index (κ1) is 11.6. The molecule has 0 N–H and O–H groups in total. The lowest BCUT2D eigenvalue weighted by Crippen LogP contribution is -2.42. The van der Waals surface area contributed by atoms with Crippen LogP contribution in [0.15, 0.2) is 54.9 Å². The quantitative estimate of drug-likeness (QED) is 0.610. The zero-order valence-electron chi connectivity index (χ0n) is 10.3. The van der Waals surface area contributed by atoms with Gasteiger partial charge in [0.1, 0.15) is 0 Å². The van der Waals surface area contributed by atoms with Crippen molar-refractivity contribution in [3.63, 3.8) is 0 Å². The molecule has 19 heavy (non-hydrogen) atoms. The summed E-state index contributed by atoms with van der Waals surface area (Å²) in [5, 5.41) is 0. The van der Waals surface area contributed by atoms with Crippen LogP contribution < -0.4 is 4.57 Å². The van der Waals surface area contributed by atoms with Gasteiger partial charge in [-0.3, -0.25) is 14.5 Å². The highest BCUT2D eigenvalue weighted by atomic mass is 16.2. The number of imide groups is 1. The highest BCUT2D eigenvalue weighted by Gasteiger charge is 2.35. The second kappa shape index (κ2) is 4.65. The van der Waals surface area contributed by atoms with Crippen molar-refractivity contribution in [2.75, 3.05) is 6.54 Å². The molecule has 1 aromatic heterocycles. The maximum Gasteiger partial charge on any atom is 0.261 e. The fraction of sp³-hybridized carbons (Fsp3) is 0.133. The van der Waals surface area contributed by atoms with Crippen LogP contribution in [0.4, 0.5) is 0 Å². The third-order valence-corrected chi connectivity index (χ3v) is 3.24. The topological polar surface area (TPSA) is 41.3 Å². The Balaban J connectivity index is 1.78. The average Bonchev–Trinajstić information content (AvgIpc) is 2.71. The van der Waals surface area contributed by atoms with Crippen molar-refractivity contribution < 1.29 is 14.2 Å². The molecule has 0 aliphatic carbocycles. The summed E-state index contributed by atoms with van der Waals surface area (Å²) in [6.07, 6.45) is 3.83. The summed E-state index contributed by atoms with van der Waals surface area (Å²) in [5.41, 5.74) is 1.01. The number of aromatic nitrogens is 1. The van der Waals surface area contributed by atoms with Crippen LogP contribution in [0.3, 0.4) is 0 Å². The molecule has 0 fully saturated rings. The van der Waals surface area contributed by atoms with E-state index in [0.717, 1.165) is 0 Å². The predicted octanol–water partition coefficient (Wildman–Crippen LogP) is 1.27. The number of nitrogens with zero attached hydrogens (tertiary/aromatic N) is 2. The van der Waals surface area contributed by atoms with Gasteiger partial charge in [0.15, 0.2) is 18.9 Å². The fourth-order valence-corrected chi connectivity index (χ4v) is 2.24. The number of hydrogen-bond donors (Lipinski definition) is 0. The van der Waals surface area contributed by atoms with Gasteiger partial charge in [0, 0.05) is 12.1 Å².